The predicted octanol–water partition coefficient (Wildman–Crippen LogP) is 2.41. The lowest BCUT2D eigenvalue weighted by Gasteiger charge is -2.15. The molecule has 1 aliphatic rings. The lowest BCUT2D eigenvalue weighted by Crippen LogP contribution is -2.12. The van der Waals surface area contributed by atoms with Crippen LogP contribution in [0.15, 0.2) is 0 Å². The third-order valence-corrected chi connectivity index (χ3v) is 3.66. The van der Waals surface area contributed by atoms with E-state index in [-0.39, 0.29) is 0 Å². The van der Waals surface area contributed by atoms with E-state index in [4.69, 9.17) is 0 Å². The largest absolute Gasteiger partial charge is 0.365 e. The fourth-order valence-electron chi connectivity index (χ4n) is 1.70. The molecule has 0 radical (unpaired) electrons. The van der Waals surface area contributed by atoms with Crippen molar-refractivity contribution in [3.05, 3.63) is 10.6 Å². The van der Waals surface area contributed by atoms with Crippen LogP contribution in [0.1, 0.15) is 30.8 Å². The van der Waals surface area contributed by atoms with Crippen molar-refractivity contribution < 1.29 is 0 Å². The van der Waals surface area contributed by atoms with Crippen LogP contribution in [0.3, 0.4) is 0 Å². The molecule has 0 aromatic carbocycles. The van der Waals surface area contributed by atoms with Crippen molar-refractivity contribution in [3.8, 4) is 0 Å². The standard InChI is InChI=1S/C9H14N2S/c1-9(2)5-4-6-7(9)11-8(10-3)12-6/h4-5H2,1-3H3,(H,10,11). The van der Waals surface area contributed by atoms with E-state index in [1.165, 1.54) is 23.4 Å². The number of nitrogens with one attached hydrogen (secondary N) is 1. The summed E-state index contributed by atoms with van der Waals surface area (Å²) in [6.07, 6.45) is 2.47. The first-order valence-electron chi connectivity index (χ1n) is 4.31. The molecule has 0 fully saturated rings. The zero-order valence-electron chi connectivity index (χ0n) is 7.77. The molecule has 2 rings (SSSR count). The molecule has 12 heavy (non-hydrogen) atoms. The number of aromatic nitrogens is 1. The van der Waals surface area contributed by atoms with Crippen LogP contribution in [0.5, 0.6) is 0 Å². The van der Waals surface area contributed by atoms with Gasteiger partial charge >= 0.3 is 0 Å². The second-order valence-electron chi connectivity index (χ2n) is 3.92. The van der Waals surface area contributed by atoms with Crippen LogP contribution in [0.2, 0.25) is 0 Å². The van der Waals surface area contributed by atoms with Crippen LogP contribution in [-0.4, -0.2) is 12.0 Å². The lowest BCUT2D eigenvalue weighted by molar-refractivity contribution is 0.510. The lowest BCUT2D eigenvalue weighted by atomic mass is 9.91. The van der Waals surface area contributed by atoms with E-state index < -0.39 is 0 Å². The number of nitrogens with zero attached hydrogens (tertiary/aromatic N) is 1. The molecule has 0 aliphatic heterocycles. The Morgan fingerprint density at radius 3 is 2.83 bits per heavy atom. The highest BCUT2D eigenvalue weighted by molar-refractivity contribution is 7.15. The maximum Gasteiger partial charge on any atom is 0.182 e. The number of hydrogen-bond donors (Lipinski definition) is 1. The summed E-state index contributed by atoms with van der Waals surface area (Å²) >= 11 is 1.80. The molecule has 0 atom stereocenters. The van der Waals surface area contributed by atoms with Gasteiger partial charge < -0.3 is 5.32 Å². The molecule has 0 amide bonds. The first-order chi connectivity index (χ1) is 5.63. The summed E-state index contributed by atoms with van der Waals surface area (Å²) in [7, 11) is 1.93. The maximum absolute atomic E-state index is 4.57. The summed E-state index contributed by atoms with van der Waals surface area (Å²) in [6, 6.07) is 0. The van der Waals surface area contributed by atoms with Crippen LogP contribution in [-0.2, 0) is 11.8 Å². The van der Waals surface area contributed by atoms with Gasteiger partial charge in [-0.05, 0) is 12.8 Å². The molecular formula is C9H14N2S. The number of anilines is 1. The van der Waals surface area contributed by atoms with E-state index in [0.29, 0.717) is 5.41 Å². The average molecular weight is 182 g/mol. The Bertz CT molecular complexity index is 301. The molecule has 0 spiro atoms. The van der Waals surface area contributed by atoms with Crippen molar-refractivity contribution in [2.45, 2.75) is 32.1 Å². The van der Waals surface area contributed by atoms with Gasteiger partial charge in [-0.15, -0.1) is 11.3 Å². The van der Waals surface area contributed by atoms with Gasteiger partial charge in [0.2, 0.25) is 0 Å². The zero-order valence-corrected chi connectivity index (χ0v) is 8.59. The third kappa shape index (κ3) is 1.04. The van der Waals surface area contributed by atoms with Gasteiger partial charge in [0.1, 0.15) is 0 Å². The molecule has 0 bridgehead atoms. The van der Waals surface area contributed by atoms with Crippen molar-refractivity contribution in [2.75, 3.05) is 12.4 Å². The molecule has 3 heteroatoms. The normalized spacial score (nSPS) is 19.2. The van der Waals surface area contributed by atoms with E-state index in [2.05, 4.69) is 24.1 Å². The molecule has 1 aromatic rings. The highest BCUT2D eigenvalue weighted by atomic mass is 32.1. The fourth-order valence-corrected chi connectivity index (χ4v) is 2.80. The molecule has 0 unspecified atom stereocenters. The van der Waals surface area contributed by atoms with Crippen LogP contribution in [0.4, 0.5) is 5.13 Å². The highest BCUT2D eigenvalue weighted by Crippen LogP contribution is 2.41. The smallest absolute Gasteiger partial charge is 0.182 e. The maximum atomic E-state index is 4.57. The average Bonchev–Trinajstić information content (AvgIpc) is 2.53. The summed E-state index contributed by atoms with van der Waals surface area (Å²) in [5.41, 5.74) is 1.62. The summed E-state index contributed by atoms with van der Waals surface area (Å²) in [5, 5.41) is 4.16. The Morgan fingerprint density at radius 1 is 1.50 bits per heavy atom. The number of hydrogen-bond acceptors (Lipinski definition) is 3. The Kier molecular flexibility index (Phi) is 1.65. The van der Waals surface area contributed by atoms with Gasteiger partial charge in [-0.1, -0.05) is 13.8 Å². The minimum absolute atomic E-state index is 0.306. The van der Waals surface area contributed by atoms with Gasteiger partial charge in [0.25, 0.3) is 0 Å². The van der Waals surface area contributed by atoms with E-state index in [0.717, 1.165) is 5.13 Å². The number of aryl methyl sites for hydroxylation is 1. The summed E-state index contributed by atoms with van der Waals surface area (Å²) < 4.78 is 0. The van der Waals surface area contributed by atoms with Crippen LogP contribution in [0.25, 0.3) is 0 Å². The summed E-state index contributed by atoms with van der Waals surface area (Å²) in [6.45, 7) is 4.55. The quantitative estimate of drug-likeness (QED) is 0.721. The van der Waals surface area contributed by atoms with Crippen LogP contribution < -0.4 is 5.32 Å². The van der Waals surface area contributed by atoms with Crippen molar-refractivity contribution in [1.29, 1.82) is 0 Å². The van der Waals surface area contributed by atoms with E-state index in [1.54, 1.807) is 11.3 Å². The Labute approximate surface area is 77.0 Å². The molecule has 1 N–H and O–H groups in total. The Hall–Kier alpha value is -0.570. The Balaban J connectivity index is 2.44. The first-order valence-corrected chi connectivity index (χ1v) is 5.13. The van der Waals surface area contributed by atoms with Gasteiger partial charge in [0, 0.05) is 17.3 Å². The second kappa shape index (κ2) is 2.46. The first kappa shape index (κ1) is 8.05. The van der Waals surface area contributed by atoms with Crippen molar-refractivity contribution in [2.24, 2.45) is 0 Å². The minimum Gasteiger partial charge on any atom is -0.365 e. The topological polar surface area (TPSA) is 24.9 Å². The molecule has 66 valence electrons. The SMILES string of the molecule is CNc1nc2c(s1)CCC2(C)C. The molecule has 1 aromatic heterocycles. The Morgan fingerprint density at radius 2 is 2.25 bits per heavy atom. The van der Waals surface area contributed by atoms with Crippen molar-refractivity contribution in [3.63, 3.8) is 0 Å². The molecular weight excluding hydrogens is 168 g/mol. The summed E-state index contributed by atoms with van der Waals surface area (Å²) in [5.74, 6) is 0. The van der Waals surface area contributed by atoms with E-state index in [9.17, 15) is 0 Å². The highest BCUT2D eigenvalue weighted by Gasteiger charge is 2.33. The van der Waals surface area contributed by atoms with Crippen LogP contribution in [0, 0.1) is 0 Å². The fraction of sp³-hybridized carbons (Fsp3) is 0.667. The van der Waals surface area contributed by atoms with Gasteiger partial charge in [0.15, 0.2) is 5.13 Å². The van der Waals surface area contributed by atoms with E-state index >= 15 is 0 Å². The second-order valence-corrected chi connectivity index (χ2v) is 5.01. The van der Waals surface area contributed by atoms with Crippen LogP contribution >= 0.6 is 11.3 Å². The summed E-state index contributed by atoms with van der Waals surface area (Å²) in [4.78, 5) is 6.05. The van der Waals surface area contributed by atoms with Gasteiger partial charge in [-0.25, -0.2) is 4.98 Å². The third-order valence-electron chi connectivity index (χ3n) is 2.53. The number of thiazole rings is 1. The van der Waals surface area contributed by atoms with E-state index in [1.807, 2.05) is 7.05 Å². The molecule has 0 saturated heterocycles. The van der Waals surface area contributed by atoms with Gasteiger partial charge in [-0.3, -0.25) is 0 Å². The van der Waals surface area contributed by atoms with Gasteiger partial charge in [-0.2, -0.15) is 0 Å². The molecule has 1 heterocycles. The van der Waals surface area contributed by atoms with Crippen molar-refractivity contribution >= 4 is 16.5 Å². The monoisotopic (exact) mass is 182 g/mol. The molecule has 2 nitrogen and oxygen atoms in total. The number of fused-ring (bicyclic) bond motifs is 1. The molecule has 0 saturated carbocycles. The van der Waals surface area contributed by atoms with Crippen molar-refractivity contribution in [1.82, 2.24) is 4.98 Å². The molecule has 1 aliphatic carbocycles. The minimum atomic E-state index is 0.306. The predicted molar refractivity (Wildman–Crippen MR) is 53.0 cm³/mol. The zero-order chi connectivity index (χ0) is 8.77. The number of rotatable bonds is 1. The van der Waals surface area contributed by atoms with Gasteiger partial charge in [0.05, 0.1) is 5.69 Å².